The second-order valence-electron chi connectivity index (χ2n) is 4.94. The van der Waals surface area contributed by atoms with E-state index in [0.717, 1.165) is 34.1 Å². The Hall–Kier alpha value is -1.65. The summed E-state index contributed by atoms with van der Waals surface area (Å²) >= 11 is 3.39. The van der Waals surface area contributed by atoms with Crippen LogP contribution in [-0.4, -0.2) is 17.6 Å². The highest BCUT2D eigenvalue weighted by molar-refractivity contribution is 9.10. The van der Waals surface area contributed by atoms with Crippen molar-refractivity contribution in [2.45, 2.75) is 19.8 Å². The summed E-state index contributed by atoms with van der Waals surface area (Å²) in [6.45, 7) is 2.09. The quantitative estimate of drug-likeness (QED) is 0.860. The van der Waals surface area contributed by atoms with E-state index in [9.17, 15) is 4.79 Å². The van der Waals surface area contributed by atoms with Crippen LogP contribution in [0.25, 0.3) is 0 Å². The van der Waals surface area contributed by atoms with E-state index in [2.05, 4.69) is 21.2 Å². The number of aryl methyl sites for hydroxylation is 2. The number of benzene rings is 2. The Labute approximate surface area is 133 Å². The third kappa shape index (κ3) is 4.41. The molecule has 2 N–H and O–H groups in total. The predicted molar refractivity (Wildman–Crippen MR) is 88.7 cm³/mol. The van der Waals surface area contributed by atoms with E-state index in [4.69, 9.17) is 5.11 Å². The van der Waals surface area contributed by atoms with Crippen molar-refractivity contribution in [2.24, 2.45) is 0 Å². The lowest BCUT2D eigenvalue weighted by Gasteiger charge is -2.09. The van der Waals surface area contributed by atoms with Crippen molar-refractivity contribution in [3.8, 4) is 0 Å². The number of aliphatic hydroxyl groups is 1. The molecule has 0 aromatic heterocycles. The van der Waals surface area contributed by atoms with Crippen molar-refractivity contribution < 1.29 is 9.90 Å². The summed E-state index contributed by atoms with van der Waals surface area (Å²) in [5.41, 5.74) is 3.47. The summed E-state index contributed by atoms with van der Waals surface area (Å²) in [4.78, 5) is 12.3. The standard InChI is InChI=1S/C17H18BrNO2/c1-12-7-8-14(18)11-16(12)17(21)19-15-6-2-4-13(10-15)5-3-9-20/h2,4,6-8,10-11,20H,3,5,9H2,1H3,(H,19,21). The molecule has 0 fully saturated rings. The molecule has 0 saturated heterocycles. The van der Waals surface area contributed by atoms with E-state index in [0.29, 0.717) is 5.56 Å². The van der Waals surface area contributed by atoms with Gasteiger partial charge in [-0.05, 0) is 55.2 Å². The molecule has 0 spiro atoms. The first-order chi connectivity index (χ1) is 10.1. The fourth-order valence-electron chi connectivity index (χ4n) is 2.13. The number of hydrogen-bond acceptors (Lipinski definition) is 2. The summed E-state index contributed by atoms with van der Waals surface area (Å²) in [5.74, 6) is -0.117. The maximum atomic E-state index is 12.3. The number of carbonyl (C=O) groups excluding carboxylic acids is 1. The molecule has 2 rings (SSSR count). The van der Waals surface area contributed by atoms with Crippen LogP contribution in [0.15, 0.2) is 46.9 Å². The highest BCUT2D eigenvalue weighted by Gasteiger charge is 2.10. The summed E-state index contributed by atoms with van der Waals surface area (Å²) < 4.78 is 0.884. The Kier molecular flexibility index (Phi) is 5.53. The van der Waals surface area contributed by atoms with Crippen LogP contribution < -0.4 is 5.32 Å². The molecule has 110 valence electrons. The van der Waals surface area contributed by atoms with Crippen molar-refractivity contribution in [3.05, 3.63) is 63.6 Å². The normalized spacial score (nSPS) is 10.4. The van der Waals surface area contributed by atoms with Crippen LogP contribution in [0.4, 0.5) is 5.69 Å². The molecule has 1 amide bonds. The van der Waals surface area contributed by atoms with Crippen molar-refractivity contribution in [1.29, 1.82) is 0 Å². The van der Waals surface area contributed by atoms with Gasteiger partial charge in [-0.2, -0.15) is 0 Å². The number of hydrogen-bond donors (Lipinski definition) is 2. The Morgan fingerprint density at radius 3 is 2.81 bits per heavy atom. The molecule has 0 bridgehead atoms. The fraction of sp³-hybridized carbons (Fsp3) is 0.235. The Morgan fingerprint density at radius 2 is 2.05 bits per heavy atom. The average molecular weight is 348 g/mol. The largest absolute Gasteiger partial charge is 0.396 e. The number of nitrogens with one attached hydrogen (secondary N) is 1. The van der Waals surface area contributed by atoms with E-state index < -0.39 is 0 Å². The third-order valence-electron chi connectivity index (χ3n) is 3.25. The number of aliphatic hydroxyl groups excluding tert-OH is 1. The minimum atomic E-state index is -0.117. The third-order valence-corrected chi connectivity index (χ3v) is 3.75. The molecule has 0 aliphatic heterocycles. The van der Waals surface area contributed by atoms with Gasteiger partial charge < -0.3 is 10.4 Å². The molecule has 0 aliphatic carbocycles. The number of amides is 1. The second-order valence-corrected chi connectivity index (χ2v) is 5.86. The molecular formula is C17H18BrNO2. The van der Waals surface area contributed by atoms with Crippen LogP contribution in [0, 0.1) is 6.92 Å². The molecule has 0 saturated carbocycles. The highest BCUT2D eigenvalue weighted by Crippen LogP contribution is 2.18. The summed E-state index contributed by atoms with van der Waals surface area (Å²) in [7, 11) is 0. The highest BCUT2D eigenvalue weighted by atomic mass is 79.9. The van der Waals surface area contributed by atoms with Gasteiger partial charge in [0.25, 0.3) is 5.91 Å². The van der Waals surface area contributed by atoms with Crippen LogP contribution in [0.3, 0.4) is 0 Å². The Morgan fingerprint density at radius 1 is 1.24 bits per heavy atom. The summed E-state index contributed by atoms with van der Waals surface area (Å²) in [6, 6.07) is 13.4. The zero-order chi connectivity index (χ0) is 15.2. The smallest absolute Gasteiger partial charge is 0.255 e. The molecule has 0 heterocycles. The molecule has 0 aliphatic rings. The Bertz CT molecular complexity index is 640. The van der Waals surface area contributed by atoms with Crippen molar-refractivity contribution in [1.82, 2.24) is 0 Å². The van der Waals surface area contributed by atoms with Crippen LogP contribution in [0.2, 0.25) is 0 Å². The van der Waals surface area contributed by atoms with E-state index in [1.807, 2.05) is 49.4 Å². The molecule has 0 atom stereocenters. The monoisotopic (exact) mass is 347 g/mol. The van der Waals surface area contributed by atoms with Gasteiger partial charge in [0.2, 0.25) is 0 Å². The predicted octanol–water partition coefficient (Wildman–Crippen LogP) is 3.93. The van der Waals surface area contributed by atoms with Gasteiger partial charge in [-0.25, -0.2) is 0 Å². The number of anilines is 1. The van der Waals surface area contributed by atoms with E-state index in [-0.39, 0.29) is 12.5 Å². The average Bonchev–Trinajstić information content (AvgIpc) is 2.48. The van der Waals surface area contributed by atoms with E-state index >= 15 is 0 Å². The SMILES string of the molecule is Cc1ccc(Br)cc1C(=O)Nc1cccc(CCCO)c1. The van der Waals surface area contributed by atoms with Crippen LogP contribution >= 0.6 is 15.9 Å². The van der Waals surface area contributed by atoms with E-state index in [1.54, 1.807) is 0 Å². The van der Waals surface area contributed by atoms with Gasteiger partial charge >= 0.3 is 0 Å². The first-order valence-electron chi connectivity index (χ1n) is 6.87. The zero-order valence-electron chi connectivity index (χ0n) is 11.9. The molecule has 21 heavy (non-hydrogen) atoms. The molecular weight excluding hydrogens is 330 g/mol. The first kappa shape index (κ1) is 15.7. The lowest BCUT2D eigenvalue weighted by molar-refractivity contribution is 0.102. The van der Waals surface area contributed by atoms with E-state index in [1.165, 1.54) is 0 Å². The van der Waals surface area contributed by atoms with Gasteiger partial charge in [0, 0.05) is 22.3 Å². The molecule has 2 aromatic rings. The summed E-state index contributed by atoms with van der Waals surface area (Å²) in [6.07, 6.45) is 1.53. The lowest BCUT2D eigenvalue weighted by atomic mass is 10.1. The number of halogens is 1. The van der Waals surface area contributed by atoms with Crippen LogP contribution in [0.1, 0.15) is 27.9 Å². The number of carbonyl (C=O) groups is 1. The minimum absolute atomic E-state index is 0.117. The fourth-order valence-corrected chi connectivity index (χ4v) is 2.49. The number of rotatable bonds is 5. The van der Waals surface area contributed by atoms with Gasteiger partial charge in [-0.1, -0.05) is 34.1 Å². The lowest BCUT2D eigenvalue weighted by Crippen LogP contribution is -2.13. The molecule has 4 heteroatoms. The molecule has 0 radical (unpaired) electrons. The van der Waals surface area contributed by atoms with Gasteiger partial charge in [-0.3, -0.25) is 4.79 Å². The molecule has 0 unspecified atom stereocenters. The minimum Gasteiger partial charge on any atom is -0.396 e. The maximum Gasteiger partial charge on any atom is 0.255 e. The van der Waals surface area contributed by atoms with Gasteiger partial charge in [0.1, 0.15) is 0 Å². The zero-order valence-corrected chi connectivity index (χ0v) is 13.5. The van der Waals surface area contributed by atoms with Crippen molar-refractivity contribution in [2.75, 3.05) is 11.9 Å². The topological polar surface area (TPSA) is 49.3 Å². The first-order valence-corrected chi connectivity index (χ1v) is 7.67. The molecule has 3 nitrogen and oxygen atoms in total. The maximum absolute atomic E-state index is 12.3. The van der Waals surface area contributed by atoms with Crippen molar-refractivity contribution in [3.63, 3.8) is 0 Å². The van der Waals surface area contributed by atoms with Gasteiger partial charge in [-0.15, -0.1) is 0 Å². The van der Waals surface area contributed by atoms with Gasteiger partial charge in [0.15, 0.2) is 0 Å². The van der Waals surface area contributed by atoms with Crippen LogP contribution in [-0.2, 0) is 6.42 Å². The second kappa shape index (κ2) is 7.38. The summed E-state index contributed by atoms with van der Waals surface area (Å²) in [5, 5.41) is 11.8. The van der Waals surface area contributed by atoms with Crippen molar-refractivity contribution >= 4 is 27.5 Å². The van der Waals surface area contributed by atoms with Crippen LogP contribution in [0.5, 0.6) is 0 Å². The Balaban J connectivity index is 2.14. The molecule has 2 aromatic carbocycles. The van der Waals surface area contributed by atoms with Gasteiger partial charge in [0.05, 0.1) is 0 Å².